The zero-order valence-electron chi connectivity index (χ0n) is 11.8. The third kappa shape index (κ3) is 2.00. The molecule has 4 rings (SSSR count). The van der Waals surface area contributed by atoms with E-state index in [1.54, 1.807) is 6.40 Å². The number of benzene rings is 2. The van der Waals surface area contributed by atoms with E-state index >= 15 is 0 Å². The summed E-state index contributed by atoms with van der Waals surface area (Å²) in [5, 5.41) is 0. The van der Waals surface area contributed by atoms with Gasteiger partial charge in [0.15, 0.2) is 6.40 Å². The molecule has 1 heterocycles. The molecule has 0 bridgehead atoms. The molecule has 1 aliphatic carbocycles. The Hall–Kier alpha value is -2.29. The van der Waals surface area contributed by atoms with Gasteiger partial charge in [-0.1, -0.05) is 42.5 Å². The van der Waals surface area contributed by atoms with E-state index in [9.17, 15) is 0 Å². The molecule has 3 heteroatoms. The highest BCUT2D eigenvalue weighted by molar-refractivity contribution is 5.55. The van der Waals surface area contributed by atoms with Crippen LogP contribution in [0.5, 0.6) is 0 Å². The first-order valence-electron chi connectivity index (χ1n) is 7.40. The molecule has 2 unspecified atom stereocenters. The van der Waals surface area contributed by atoms with Gasteiger partial charge in [-0.3, -0.25) is 4.99 Å². The molecule has 2 aromatic rings. The summed E-state index contributed by atoms with van der Waals surface area (Å²) in [6.07, 6.45) is 2.62. The number of nitrogens with zero attached hydrogens (tertiary/aromatic N) is 1. The number of hydrogen-bond acceptors (Lipinski definition) is 3. The molecule has 3 nitrogen and oxygen atoms in total. The van der Waals surface area contributed by atoms with Crippen LogP contribution in [0.2, 0.25) is 0 Å². The standard InChI is InChI=1S/C18H18N2O/c19-16-8-4-3-7-14(16)15-9-12-5-1-2-6-13(12)18(15)17-10-21-11-20-17/h1-8,11,15,17-18H,9-10,19H2/t15?,17-,18?/m0/s1. The molecule has 0 fully saturated rings. The van der Waals surface area contributed by atoms with Crippen LogP contribution in [0.25, 0.3) is 0 Å². The predicted octanol–water partition coefficient (Wildman–Crippen LogP) is 3.12. The Balaban J connectivity index is 1.80. The third-order valence-corrected chi connectivity index (χ3v) is 4.69. The summed E-state index contributed by atoms with van der Waals surface area (Å²) < 4.78 is 5.38. The van der Waals surface area contributed by atoms with Gasteiger partial charge in [0.1, 0.15) is 6.61 Å². The van der Waals surface area contributed by atoms with Gasteiger partial charge in [-0.05, 0) is 35.1 Å². The van der Waals surface area contributed by atoms with E-state index in [1.807, 2.05) is 12.1 Å². The molecule has 0 aromatic heterocycles. The maximum Gasteiger partial charge on any atom is 0.169 e. The Labute approximate surface area is 124 Å². The van der Waals surface area contributed by atoms with E-state index in [0.717, 1.165) is 12.1 Å². The number of rotatable bonds is 2. The van der Waals surface area contributed by atoms with Gasteiger partial charge in [0.2, 0.25) is 0 Å². The molecule has 3 atom stereocenters. The van der Waals surface area contributed by atoms with Crippen LogP contribution in [0.3, 0.4) is 0 Å². The van der Waals surface area contributed by atoms with Crippen LogP contribution >= 0.6 is 0 Å². The molecular weight excluding hydrogens is 260 g/mol. The fourth-order valence-electron chi connectivity index (χ4n) is 3.76. The molecule has 1 aliphatic heterocycles. The first-order valence-corrected chi connectivity index (χ1v) is 7.40. The van der Waals surface area contributed by atoms with Crippen molar-refractivity contribution in [2.45, 2.75) is 24.3 Å². The van der Waals surface area contributed by atoms with Crippen molar-refractivity contribution in [3.8, 4) is 0 Å². The van der Waals surface area contributed by atoms with E-state index in [1.165, 1.54) is 16.7 Å². The van der Waals surface area contributed by atoms with Crippen molar-refractivity contribution in [1.29, 1.82) is 0 Å². The van der Waals surface area contributed by atoms with Crippen LogP contribution in [0.4, 0.5) is 5.69 Å². The van der Waals surface area contributed by atoms with Crippen molar-refractivity contribution in [1.82, 2.24) is 0 Å². The number of para-hydroxylation sites is 1. The van der Waals surface area contributed by atoms with E-state index in [0.29, 0.717) is 18.4 Å². The number of hydrogen-bond donors (Lipinski definition) is 1. The SMILES string of the molecule is Nc1ccccc1C1Cc2ccccc2C1[C@@H]1COC=N1. The fraction of sp³-hybridized carbons (Fsp3) is 0.278. The second-order valence-corrected chi connectivity index (χ2v) is 5.82. The molecule has 2 aliphatic rings. The summed E-state index contributed by atoms with van der Waals surface area (Å²) >= 11 is 0. The highest BCUT2D eigenvalue weighted by Crippen LogP contribution is 2.48. The Morgan fingerprint density at radius 2 is 1.76 bits per heavy atom. The van der Waals surface area contributed by atoms with Crippen LogP contribution in [0.1, 0.15) is 28.5 Å². The number of fused-ring (bicyclic) bond motifs is 1. The van der Waals surface area contributed by atoms with Crippen molar-refractivity contribution in [2.24, 2.45) is 4.99 Å². The molecule has 0 saturated heterocycles. The number of aliphatic imine (C=N–C) groups is 1. The third-order valence-electron chi connectivity index (χ3n) is 4.69. The topological polar surface area (TPSA) is 47.6 Å². The molecule has 21 heavy (non-hydrogen) atoms. The zero-order chi connectivity index (χ0) is 14.2. The van der Waals surface area contributed by atoms with Crippen LogP contribution in [-0.2, 0) is 11.2 Å². The van der Waals surface area contributed by atoms with Gasteiger partial charge in [0, 0.05) is 11.6 Å². The minimum atomic E-state index is 0.193. The van der Waals surface area contributed by atoms with Gasteiger partial charge in [-0.25, -0.2) is 0 Å². The molecular formula is C18H18N2O. The normalized spacial score (nSPS) is 26.6. The molecule has 0 spiro atoms. The second kappa shape index (κ2) is 4.92. The number of anilines is 1. The van der Waals surface area contributed by atoms with Gasteiger partial charge >= 0.3 is 0 Å². The zero-order valence-corrected chi connectivity index (χ0v) is 11.8. The maximum atomic E-state index is 6.23. The Morgan fingerprint density at radius 3 is 2.52 bits per heavy atom. The summed E-state index contributed by atoms with van der Waals surface area (Å²) in [4.78, 5) is 4.53. The van der Waals surface area contributed by atoms with Crippen molar-refractivity contribution < 1.29 is 4.74 Å². The average molecular weight is 278 g/mol. The highest BCUT2D eigenvalue weighted by Gasteiger charge is 2.40. The van der Waals surface area contributed by atoms with Crippen molar-refractivity contribution >= 4 is 12.1 Å². The minimum Gasteiger partial charge on any atom is -0.481 e. The van der Waals surface area contributed by atoms with Crippen LogP contribution < -0.4 is 5.73 Å². The maximum absolute atomic E-state index is 6.23. The van der Waals surface area contributed by atoms with E-state index in [2.05, 4.69) is 41.4 Å². The smallest absolute Gasteiger partial charge is 0.169 e. The van der Waals surface area contributed by atoms with Crippen LogP contribution in [-0.4, -0.2) is 19.0 Å². The lowest BCUT2D eigenvalue weighted by Crippen LogP contribution is -2.22. The van der Waals surface area contributed by atoms with Crippen molar-refractivity contribution in [2.75, 3.05) is 12.3 Å². The predicted molar refractivity (Wildman–Crippen MR) is 84.7 cm³/mol. The summed E-state index contributed by atoms with van der Waals surface area (Å²) in [6, 6.07) is 17.1. The number of nitrogens with two attached hydrogens (primary N) is 1. The minimum absolute atomic E-state index is 0.193. The second-order valence-electron chi connectivity index (χ2n) is 5.82. The van der Waals surface area contributed by atoms with Gasteiger partial charge in [0.05, 0.1) is 6.04 Å². The monoisotopic (exact) mass is 278 g/mol. The Bertz CT molecular complexity index is 695. The van der Waals surface area contributed by atoms with Gasteiger partial charge in [-0.15, -0.1) is 0 Å². The van der Waals surface area contributed by atoms with E-state index < -0.39 is 0 Å². The Kier molecular flexibility index (Phi) is 2.92. The number of ether oxygens (including phenoxy) is 1. The molecule has 106 valence electrons. The fourth-order valence-corrected chi connectivity index (χ4v) is 3.76. The quantitative estimate of drug-likeness (QED) is 0.858. The van der Waals surface area contributed by atoms with Crippen LogP contribution in [0.15, 0.2) is 53.5 Å². The summed E-state index contributed by atoms with van der Waals surface area (Å²) in [6.45, 7) is 0.669. The summed E-state index contributed by atoms with van der Waals surface area (Å²) in [7, 11) is 0. The van der Waals surface area contributed by atoms with Crippen molar-refractivity contribution in [3.63, 3.8) is 0 Å². The first-order chi connectivity index (χ1) is 10.3. The molecule has 2 aromatic carbocycles. The lowest BCUT2D eigenvalue weighted by atomic mass is 9.81. The molecule has 0 saturated carbocycles. The first kappa shape index (κ1) is 12.5. The lowest BCUT2D eigenvalue weighted by molar-refractivity contribution is 0.302. The van der Waals surface area contributed by atoms with Gasteiger partial charge in [0.25, 0.3) is 0 Å². The average Bonchev–Trinajstić information content (AvgIpc) is 3.14. The van der Waals surface area contributed by atoms with E-state index in [-0.39, 0.29) is 6.04 Å². The molecule has 0 amide bonds. The van der Waals surface area contributed by atoms with Crippen LogP contribution in [0, 0.1) is 0 Å². The molecule has 0 radical (unpaired) electrons. The highest BCUT2D eigenvalue weighted by atomic mass is 16.5. The van der Waals surface area contributed by atoms with E-state index in [4.69, 9.17) is 10.5 Å². The lowest BCUT2D eigenvalue weighted by Gasteiger charge is -2.25. The summed E-state index contributed by atoms with van der Waals surface area (Å²) in [5.74, 6) is 0.733. The van der Waals surface area contributed by atoms with Gasteiger partial charge < -0.3 is 10.5 Å². The van der Waals surface area contributed by atoms with Gasteiger partial charge in [-0.2, -0.15) is 0 Å². The Morgan fingerprint density at radius 1 is 1.00 bits per heavy atom. The van der Waals surface area contributed by atoms with Crippen molar-refractivity contribution in [3.05, 3.63) is 65.2 Å². The molecule has 2 N–H and O–H groups in total. The summed E-state index contributed by atoms with van der Waals surface area (Å²) in [5.41, 5.74) is 11.2. The largest absolute Gasteiger partial charge is 0.481 e. The number of nitrogen functional groups attached to an aromatic ring is 1.